The average molecular weight is 284 g/mol. The molecule has 6 heteroatoms. The summed E-state index contributed by atoms with van der Waals surface area (Å²) in [6, 6.07) is 5.48. The summed E-state index contributed by atoms with van der Waals surface area (Å²) < 4.78 is 0. The molecule has 0 fully saturated rings. The number of halogens is 1. The summed E-state index contributed by atoms with van der Waals surface area (Å²) in [4.78, 5) is 19.0. The first-order valence-corrected chi connectivity index (χ1v) is 7.10. The maximum atomic E-state index is 11.4. The van der Waals surface area contributed by atoms with Gasteiger partial charge in [-0.2, -0.15) is 0 Å². The van der Waals surface area contributed by atoms with E-state index in [1.54, 1.807) is 6.07 Å². The maximum Gasteiger partial charge on any atom is 0.230 e. The molecule has 96 valence electrons. The molecular weight excluding hydrogens is 270 g/mol. The van der Waals surface area contributed by atoms with E-state index in [4.69, 9.17) is 11.6 Å². The second-order valence-corrected chi connectivity index (χ2v) is 5.24. The van der Waals surface area contributed by atoms with Crippen LogP contribution in [0.3, 0.4) is 0 Å². The molecule has 0 aliphatic rings. The van der Waals surface area contributed by atoms with E-state index in [0.29, 0.717) is 10.8 Å². The molecule has 4 nitrogen and oxygen atoms in total. The van der Waals surface area contributed by atoms with Crippen molar-refractivity contribution in [3.63, 3.8) is 0 Å². The van der Waals surface area contributed by atoms with Crippen LogP contribution < -0.4 is 5.32 Å². The molecule has 0 bridgehead atoms. The Morgan fingerprint density at radius 3 is 3.17 bits per heavy atom. The van der Waals surface area contributed by atoms with Gasteiger partial charge in [-0.15, -0.1) is 0 Å². The standard InChI is InChI=1S/C12H14ClN3OS/c1-2-5-14-11(17)7-18-12-15-9-4-3-8(13)6-10(9)16-12/h3-4,6H,2,5,7H2,1H3,(H,14,17)(H,15,16). The van der Waals surface area contributed by atoms with Gasteiger partial charge in [-0.1, -0.05) is 30.3 Å². The number of nitrogens with one attached hydrogen (secondary N) is 2. The SMILES string of the molecule is CCCNC(=O)CSc1nc2ccc(Cl)cc2[nH]1. The van der Waals surface area contributed by atoms with E-state index in [1.165, 1.54) is 11.8 Å². The molecule has 0 aliphatic carbocycles. The number of rotatable bonds is 5. The fraction of sp³-hybridized carbons (Fsp3) is 0.333. The molecule has 0 saturated heterocycles. The van der Waals surface area contributed by atoms with E-state index in [9.17, 15) is 4.79 Å². The molecule has 2 rings (SSSR count). The first-order valence-electron chi connectivity index (χ1n) is 5.74. The normalized spacial score (nSPS) is 10.8. The zero-order chi connectivity index (χ0) is 13.0. The number of aromatic amines is 1. The van der Waals surface area contributed by atoms with Gasteiger partial charge >= 0.3 is 0 Å². The molecule has 0 aliphatic heterocycles. The predicted molar refractivity (Wildman–Crippen MR) is 75.1 cm³/mol. The quantitative estimate of drug-likeness (QED) is 0.830. The van der Waals surface area contributed by atoms with E-state index < -0.39 is 0 Å². The number of carbonyl (C=O) groups excluding carboxylic acids is 1. The third-order valence-corrected chi connectivity index (χ3v) is 3.44. The van der Waals surface area contributed by atoms with Crippen LogP contribution in [0.4, 0.5) is 0 Å². The maximum absolute atomic E-state index is 11.4. The number of H-pyrrole nitrogens is 1. The number of fused-ring (bicyclic) bond motifs is 1. The lowest BCUT2D eigenvalue weighted by Crippen LogP contribution is -2.25. The van der Waals surface area contributed by atoms with E-state index in [2.05, 4.69) is 15.3 Å². The second kappa shape index (κ2) is 6.11. The number of benzene rings is 1. The minimum Gasteiger partial charge on any atom is -0.355 e. The van der Waals surface area contributed by atoms with Crippen molar-refractivity contribution in [3.05, 3.63) is 23.2 Å². The fourth-order valence-electron chi connectivity index (χ4n) is 1.48. The zero-order valence-electron chi connectivity index (χ0n) is 10.00. The van der Waals surface area contributed by atoms with Crippen molar-refractivity contribution in [3.8, 4) is 0 Å². The van der Waals surface area contributed by atoms with Crippen LogP contribution in [0.1, 0.15) is 13.3 Å². The van der Waals surface area contributed by atoms with Gasteiger partial charge in [0.1, 0.15) is 0 Å². The van der Waals surface area contributed by atoms with E-state index in [-0.39, 0.29) is 5.91 Å². The number of amides is 1. The third kappa shape index (κ3) is 3.40. The molecule has 2 aromatic rings. The summed E-state index contributed by atoms with van der Waals surface area (Å²) >= 11 is 7.28. The van der Waals surface area contributed by atoms with Gasteiger partial charge in [-0.3, -0.25) is 4.79 Å². The number of thioether (sulfide) groups is 1. The van der Waals surface area contributed by atoms with E-state index in [1.807, 2.05) is 19.1 Å². The smallest absolute Gasteiger partial charge is 0.230 e. The lowest BCUT2D eigenvalue weighted by atomic mass is 10.3. The van der Waals surface area contributed by atoms with Gasteiger partial charge < -0.3 is 10.3 Å². The van der Waals surface area contributed by atoms with Gasteiger partial charge in [0.05, 0.1) is 16.8 Å². The summed E-state index contributed by atoms with van der Waals surface area (Å²) in [5, 5.41) is 4.23. The Labute approximate surface area is 115 Å². The molecule has 0 saturated carbocycles. The van der Waals surface area contributed by atoms with Crippen LogP contribution >= 0.6 is 23.4 Å². The molecule has 1 aromatic carbocycles. The Bertz CT molecular complexity index is 555. The molecule has 0 unspecified atom stereocenters. The van der Waals surface area contributed by atoms with Crippen molar-refractivity contribution in [2.45, 2.75) is 18.5 Å². The first-order chi connectivity index (χ1) is 8.69. The Morgan fingerprint density at radius 1 is 1.56 bits per heavy atom. The van der Waals surface area contributed by atoms with E-state index >= 15 is 0 Å². The predicted octanol–water partition coefficient (Wildman–Crippen LogP) is 2.83. The summed E-state index contributed by atoms with van der Waals surface area (Å²) in [5.74, 6) is 0.397. The van der Waals surface area contributed by atoms with Crippen LogP contribution in [0.2, 0.25) is 5.02 Å². The van der Waals surface area contributed by atoms with Crippen molar-refractivity contribution >= 4 is 40.3 Å². The molecular formula is C12H14ClN3OS. The summed E-state index contributed by atoms with van der Waals surface area (Å²) in [6.45, 7) is 2.74. The van der Waals surface area contributed by atoms with Gasteiger partial charge in [0.2, 0.25) is 5.91 Å². The Kier molecular flexibility index (Phi) is 4.49. The number of aromatic nitrogens is 2. The van der Waals surface area contributed by atoms with Crippen molar-refractivity contribution < 1.29 is 4.79 Å². The fourth-order valence-corrected chi connectivity index (χ4v) is 2.36. The summed E-state index contributed by atoms with van der Waals surface area (Å²) in [7, 11) is 0. The second-order valence-electron chi connectivity index (χ2n) is 3.84. The van der Waals surface area contributed by atoms with E-state index in [0.717, 1.165) is 29.2 Å². The molecule has 1 aromatic heterocycles. The highest BCUT2D eigenvalue weighted by atomic mass is 35.5. The number of carbonyl (C=O) groups is 1. The average Bonchev–Trinajstić information content (AvgIpc) is 2.75. The van der Waals surface area contributed by atoms with Gasteiger partial charge in [0, 0.05) is 11.6 Å². The van der Waals surface area contributed by atoms with Gasteiger partial charge in [0.25, 0.3) is 0 Å². The molecule has 0 radical (unpaired) electrons. The molecule has 18 heavy (non-hydrogen) atoms. The van der Waals surface area contributed by atoms with Crippen LogP contribution in [0.25, 0.3) is 11.0 Å². The largest absolute Gasteiger partial charge is 0.355 e. The zero-order valence-corrected chi connectivity index (χ0v) is 11.6. The van der Waals surface area contributed by atoms with Crippen LogP contribution in [0.15, 0.2) is 23.4 Å². The number of hydrogen-bond donors (Lipinski definition) is 2. The van der Waals surface area contributed by atoms with Gasteiger partial charge in [-0.25, -0.2) is 4.98 Å². The van der Waals surface area contributed by atoms with Crippen molar-refractivity contribution in [1.82, 2.24) is 15.3 Å². The van der Waals surface area contributed by atoms with Gasteiger partial charge in [0.15, 0.2) is 5.16 Å². The molecule has 2 N–H and O–H groups in total. The summed E-state index contributed by atoms with van der Waals surface area (Å²) in [6.07, 6.45) is 0.944. The lowest BCUT2D eigenvalue weighted by molar-refractivity contribution is -0.118. The number of imidazole rings is 1. The number of nitrogens with zero attached hydrogens (tertiary/aromatic N) is 1. The minimum atomic E-state index is 0.0281. The highest BCUT2D eigenvalue weighted by Gasteiger charge is 2.06. The Morgan fingerprint density at radius 2 is 2.39 bits per heavy atom. The van der Waals surface area contributed by atoms with Crippen LogP contribution in [0, 0.1) is 0 Å². The van der Waals surface area contributed by atoms with Crippen molar-refractivity contribution in [2.75, 3.05) is 12.3 Å². The van der Waals surface area contributed by atoms with Crippen molar-refractivity contribution in [1.29, 1.82) is 0 Å². The third-order valence-electron chi connectivity index (χ3n) is 2.33. The Hall–Kier alpha value is -1.20. The molecule has 0 spiro atoms. The van der Waals surface area contributed by atoms with Crippen molar-refractivity contribution in [2.24, 2.45) is 0 Å². The number of hydrogen-bond acceptors (Lipinski definition) is 3. The van der Waals surface area contributed by atoms with Crippen LogP contribution in [-0.4, -0.2) is 28.2 Å². The first kappa shape index (κ1) is 13.2. The molecule has 1 amide bonds. The van der Waals surface area contributed by atoms with Gasteiger partial charge in [-0.05, 0) is 24.6 Å². The topological polar surface area (TPSA) is 57.8 Å². The highest BCUT2D eigenvalue weighted by molar-refractivity contribution is 7.99. The monoisotopic (exact) mass is 283 g/mol. The minimum absolute atomic E-state index is 0.0281. The Balaban J connectivity index is 1.97. The molecule has 1 heterocycles. The summed E-state index contributed by atoms with van der Waals surface area (Å²) in [5.41, 5.74) is 1.75. The molecule has 0 atom stereocenters. The van der Waals surface area contributed by atoms with Crippen LogP contribution in [-0.2, 0) is 4.79 Å². The lowest BCUT2D eigenvalue weighted by Gasteiger charge is -2.00. The highest BCUT2D eigenvalue weighted by Crippen LogP contribution is 2.21. The van der Waals surface area contributed by atoms with Crippen LogP contribution in [0.5, 0.6) is 0 Å².